The molecule has 3 rings (SSSR count). The lowest BCUT2D eigenvalue weighted by Gasteiger charge is -2.53. The summed E-state index contributed by atoms with van der Waals surface area (Å²) in [5, 5.41) is 10.2. The van der Waals surface area contributed by atoms with Crippen LogP contribution < -0.4 is 0 Å². The molecule has 2 aromatic rings. The molecular weight excluding hydrogens is 508 g/mol. The number of hydrogen-bond acceptors (Lipinski definition) is 10. The third-order valence-corrected chi connectivity index (χ3v) is 9.54. The summed E-state index contributed by atoms with van der Waals surface area (Å²) in [5.41, 5.74) is -1.10. The first-order valence-corrected chi connectivity index (χ1v) is 14.3. The van der Waals surface area contributed by atoms with Gasteiger partial charge in [0.2, 0.25) is 12.7 Å². The second kappa shape index (κ2) is 10.7. The minimum atomic E-state index is -1.27. The minimum absolute atomic E-state index is 0.261. The number of para-hydroxylation sites is 1. The molecule has 1 fully saturated rings. The summed E-state index contributed by atoms with van der Waals surface area (Å²) in [6, 6.07) is 6.94. The lowest BCUT2D eigenvalue weighted by atomic mass is 9.81. The van der Waals surface area contributed by atoms with Crippen molar-refractivity contribution in [1.29, 1.82) is 0 Å². The van der Waals surface area contributed by atoms with Crippen LogP contribution in [0.5, 0.6) is 0 Å². The Balaban J connectivity index is 1.75. The maximum atomic E-state index is 13.2. The van der Waals surface area contributed by atoms with Crippen LogP contribution >= 0.6 is 32.9 Å². The lowest BCUT2D eigenvalue weighted by Crippen LogP contribution is -2.70. The number of likely N-dealkylation sites (tertiary alicyclic amines) is 1. The van der Waals surface area contributed by atoms with Gasteiger partial charge in [0.15, 0.2) is 4.34 Å². The van der Waals surface area contributed by atoms with Crippen LogP contribution in [0.3, 0.4) is 0 Å². The van der Waals surface area contributed by atoms with Gasteiger partial charge in [-0.15, -0.1) is 11.3 Å². The number of fused-ring (bicyclic) bond motifs is 1. The van der Waals surface area contributed by atoms with Crippen LogP contribution in [0.2, 0.25) is 0 Å². The van der Waals surface area contributed by atoms with Crippen LogP contribution in [-0.4, -0.2) is 56.6 Å². The summed E-state index contributed by atoms with van der Waals surface area (Å²) in [4.78, 5) is 44.2. The Labute approximate surface area is 217 Å². The summed E-state index contributed by atoms with van der Waals surface area (Å²) in [7, 11) is 2.81. The van der Waals surface area contributed by atoms with Gasteiger partial charge >= 0.3 is 11.9 Å². The molecule has 1 aromatic carbocycles. The molecule has 192 valence electrons. The van der Waals surface area contributed by atoms with Gasteiger partial charge < -0.3 is 19.5 Å². The molecule has 1 saturated heterocycles. The van der Waals surface area contributed by atoms with E-state index in [2.05, 4.69) is 4.98 Å². The fraction of sp³-hybridized carbons (Fsp3) is 0.583. The number of hydrogen-bond donors (Lipinski definition) is 1. The number of amides is 1. The SMILES string of the molecule is CC(C)C(C(=O)OCOC(=O)C(C)(C)C)N1C(=O)[C@@H](C(C)(C)O)[C@H]1SSc1nc2ccccc2s1. The first-order chi connectivity index (χ1) is 16.2. The highest BCUT2D eigenvalue weighted by atomic mass is 33.1. The number of carbonyl (C=O) groups excluding carboxylic acids is 3. The van der Waals surface area contributed by atoms with E-state index in [1.54, 1.807) is 46.0 Å². The topological polar surface area (TPSA) is 106 Å². The number of aromatic nitrogens is 1. The molecule has 2 heterocycles. The molecule has 1 unspecified atom stereocenters. The number of nitrogens with zero attached hydrogens (tertiary/aromatic N) is 2. The van der Waals surface area contributed by atoms with Crippen LogP contribution in [0.25, 0.3) is 10.2 Å². The fourth-order valence-corrected chi connectivity index (χ4v) is 7.89. The van der Waals surface area contributed by atoms with Crippen molar-refractivity contribution in [2.24, 2.45) is 17.3 Å². The number of ether oxygens (including phenoxy) is 2. The van der Waals surface area contributed by atoms with E-state index in [9.17, 15) is 19.5 Å². The molecule has 3 atom stereocenters. The molecule has 0 saturated carbocycles. The number of rotatable bonds is 9. The van der Waals surface area contributed by atoms with Crippen molar-refractivity contribution in [3.05, 3.63) is 24.3 Å². The Bertz CT molecular complexity index is 1060. The van der Waals surface area contributed by atoms with Crippen molar-refractivity contribution in [2.45, 2.75) is 69.8 Å². The quantitative estimate of drug-likeness (QED) is 0.209. The Hall–Kier alpha value is -1.82. The standard InChI is InChI=1S/C24H32N2O6S3/c1-13(2)17(20(28)31-12-32-21(29)23(3,4)5)26-18(27)16(24(6,7)30)19(26)34-35-22-25-14-10-8-9-11-15(14)33-22/h8-11,13,16-17,19,30H,12H2,1-7H3/t16-,17?,19-/m1/s1. The van der Waals surface area contributed by atoms with Crippen molar-refractivity contribution in [2.75, 3.05) is 6.79 Å². The molecule has 0 bridgehead atoms. The summed E-state index contributed by atoms with van der Waals surface area (Å²) in [6.07, 6.45) is 0. The molecule has 8 nitrogen and oxygen atoms in total. The van der Waals surface area contributed by atoms with E-state index in [1.807, 2.05) is 38.1 Å². The molecule has 1 amide bonds. The number of esters is 2. The normalized spacial score (nSPS) is 19.6. The molecular formula is C24H32N2O6S3. The molecule has 1 aliphatic rings. The van der Waals surface area contributed by atoms with Crippen LogP contribution in [0.4, 0.5) is 0 Å². The highest BCUT2D eigenvalue weighted by molar-refractivity contribution is 8.77. The number of carbonyl (C=O) groups is 3. The zero-order valence-corrected chi connectivity index (χ0v) is 23.4. The van der Waals surface area contributed by atoms with E-state index in [1.165, 1.54) is 26.5 Å². The first kappa shape index (κ1) is 27.8. The van der Waals surface area contributed by atoms with Crippen molar-refractivity contribution in [3.63, 3.8) is 0 Å². The van der Waals surface area contributed by atoms with E-state index < -0.39 is 47.1 Å². The van der Waals surface area contributed by atoms with Gasteiger partial charge in [-0.25, -0.2) is 9.78 Å². The van der Waals surface area contributed by atoms with Gasteiger partial charge in [0.1, 0.15) is 11.4 Å². The number of thiazole rings is 1. The average molecular weight is 541 g/mol. The van der Waals surface area contributed by atoms with Gasteiger partial charge in [-0.2, -0.15) is 0 Å². The van der Waals surface area contributed by atoms with Gasteiger partial charge in [0.25, 0.3) is 0 Å². The summed E-state index contributed by atoms with van der Waals surface area (Å²) in [6.45, 7) is 11.4. The summed E-state index contributed by atoms with van der Waals surface area (Å²) in [5.74, 6) is -2.42. The predicted molar refractivity (Wildman–Crippen MR) is 139 cm³/mol. The van der Waals surface area contributed by atoms with E-state index in [0.717, 1.165) is 14.6 Å². The first-order valence-electron chi connectivity index (χ1n) is 11.3. The maximum absolute atomic E-state index is 13.2. The second-order valence-corrected chi connectivity index (χ2v) is 13.9. The lowest BCUT2D eigenvalue weighted by molar-refractivity contribution is -0.188. The molecule has 1 N–H and O–H groups in total. The zero-order valence-electron chi connectivity index (χ0n) is 20.9. The monoisotopic (exact) mass is 540 g/mol. The molecule has 1 aliphatic heterocycles. The third-order valence-electron chi connectivity index (χ3n) is 5.51. The second-order valence-electron chi connectivity index (χ2n) is 10.3. The van der Waals surface area contributed by atoms with Gasteiger partial charge in [0.05, 0.1) is 27.2 Å². The van der Waals surface area contributed by atoms with Crippen LogP contribution in [0.15, 0.2) is 28.6 Å². The largest absolute Gasteiger partial charge is 0.427 e. The van der Waals surface area contributed by atoms with Gasteiger partial charge in [-0.1, -0.05) is 36.8 Å². The van der Waals surface area contributed by atoms with Crippen LogP contribution in [0.1, 0.15) is 48.5 Å². The molecule has 11 heteroatoms. The van der Waals surface area contributed by atoms with E-state index in [0.29, 0.717) is 0 Å². The Morgan fingerprint density at radius 3 is 2.40 bits per heavy atom. The van der Waals surface area contributed by atoms with E-state index >= 15 is 0 Å². The number of aliphatic hydroxyl groups is 1. The third kappa shape index (κ3) is 6.31. The predicted octanol–water partition coefficient (Wildman–Crippen LogP) is 4.71. The Morgan fingerprint density at radius 2 is 1.83 bits per heavy atom. The fourth-order valence-electron chi connectivity index (χ4n) is 3.66. The molecule has 0 aliphatic carbocycles. The molecule has 0 spiro atoms. The van der Waals surface area contributed by atoms with Crippen LogP contribution in [-0.2, 0) is 23.9 Å². The number of β-lactam (4-membered cyclic amide) rings is 1. The minimum Gasteiger partial charge on any atom is -0.427 e. The van der Waals surface area contributed by atoms with Gasteiger partial charge in [-0.3, -0.25) is 9.59 Å². The highest BCUT2D eigenvalue weighted by Crippen LogP contribution is 2.50. The smallest absolute Gasteiger partial charge is 0.332 e. The summed E-state index contributed by atoms with van der Waals surface area (Å²) < 4.78 is 12.2. The average Bonchev–Trinajstić information content (AvgIpc) is 3.15. The van der Waals surface area contributed by atoms with Crippen molar-refractivity contribution in [1.82, 2.24) is 9.88 Å². The van der Waals surface area contributed by atoms with Crippen molar-refractivity contribution < 1.29 is 29.0 Å². The zero-order chi connectivity index (χ0) is 26.1. The maximum Gasteiger partial charge on any atom is 0.332 e. The Kier molecular flexibility index (Phi) is 8.45. The molecule has 35 heavy (non-hydrogen) atoms. The molecule has 1 aromatic heterocycles. The van der Waals surface area contributed by atoms with Crippen LogP contribution in [0, 0.1) is 17.3 Å². The van der Waals surface area contributed by atoms with Gasteiger partial charge in [-0.05, 0) is 63.5 Å². The number of benzene rings is 1. The summed E-state index contributed by atoms with van der Waals surface area (Å²) >= 11 is 1.55. The van der Waals surface area contributed by atoms with Crippen molar-refractivity contribution in [3.8, 4) is 0 Å². The van der Waals surface area contributed by atoms with Gasteiger partial charge in [0, 0.05) is 0 Å². The van der Waals surface area contributed by atoms with E-state index in [-0.39, 0.29) is 11.8 Å². The Morgan fingerprint density at radius 1 is 1.17 bits per heavy atom. The van der Waals surface area contributed by atoms with E-state index in [4.69, 9.17) is 9.47 Å². The highest BCUT2D eigenvalue weighted by Gasteiger charge is 2.58. The molecule has 0 radical (unpaired) electrons. The van der Waals surface area contributed by atoms with Crippen molar-refractivity contribution >= 4 is 61.0 Å².